The van der Waals surface area contributed by atoms with Crippen molar-refractivity contribution in [1.82, 2.24) is 0 Å². The molecule has 0 radical (unpaired) electrons. The number of rotatable bonds is 7. The van der Waals surface area contributed by atoms with Crippen molar-refractivity contribution in [2.24, 2.45) is 0 Å². The molecular weight excluding hydrogens is 433 g/mol. The number of aromatic carboxylic acids is 1. The Morgan fingerprint density at radius 2 is 1.59 bits per heavy atom. The van der Waals surface area contributed by atoms with Crippen molar-refractivity contribution in [2.75, 3.05) is 10.8 Å². The highest BCUT2D eigenvalue weighted by Gasteiger charge is 2.26. The van der Waals surface area contributed by atoms with Gasteiger partial charge in [-0.3, -0.25) is 4.31 Å². The van der Waals surface area contributed by atoms with Gasteiger partial charge in [-0.15, -0.1) is 0 Å². The minimum atomic E-state index is -3.99. The van der Waals surface area contributed by atoms with Gasteiger partial charge in [0.25, 0.3) is 10.0 Å². The second-order valence-corrected chi connectivity index (χ2v) is 9.26. The number of carboxylic acids is 1. The lowest BCUT2D eigenvalue weighted by Crippen LogP contribution is -2.31. The third-order valence-corrected chi connectivity index (χ3v) is 7.12. The Bertz CT molecular complexity index is 1270. The number of ether oxygens (including phenoxy) is 1. The maximum atomic E-state index is 13.4. The van der Waals surface area contributed by atoms with E-state index in [0.717, 1.165) is 0 Å². The summed E-state index contributed by atoms with van der Waals surface area (Å²) in [6.07, 6.45) is 0. The molecule has 1 N–H and O–H groups in total. The first-order valence-corrected chi connectivity index (χ1v) is 11.4. The summed E-state index contributed by atoms with van der Waals surface area (Å²) < 4.78 is 47.0. The molecule has 0 aromatic heterocycles. The van der Waals surface area contributed by atoms with Crippen LogP contribution in [0.3, 0.4) is 0 Å². The Hall–Kier alpha value is -3.39. The lowest BCUT2D eigenvalue weighted by molar-refractivity contribution is 0.0695. The monoisotopic (exact) mass is 457 g/mol. The van der Waals surface area contributed by atoms with E-state index in [4.69, 9.17) is 4.74 Å². The largest absolute Gasteiger partial charge is 0.478 e. The molecule has 6 nitrogen and oxygen atoms in total. The Balaban J connectivity index is 1.92. The number of aryl methyl sites for hydroxylation is 2. The Morgan fingerprint density at radius 3 is 2.16 bits per heavy atom. The van der Waals surface area contributed by atoms with E-state index in [1.54, 1.807) is 58.0 Å². The summed E-state index contributed by atoms with van der Waals surface area (Å²) in [7, 11) is -3.99. The van der Waals surface area contributed by atoms with E-state index in [1.165, 1.54) is 28.6 Å². The number of sulfonamides is 1. The van der Waals surface area contributed by atoms with Gasteiger partial charge in [0.15, 0.2) is 0 Å². The molecular formula is C24H24FNO5S. The molecule has 0 atom stereocenters. The molecule has 0 fully saturated rings. The van der Waals surface area contributed by atoms with Gasteiger partial charge in [0.05, 0.1) is 16.1 Å². The molecule has 0 bridgehead atoms. The standard InChI is InChI=1S/C24H24FNO5S/c1-5-26(32(29,30)21-13-15(2)17(4)22(14-21)24(27)28)18-6-8-19(9-7-18)31-20-10-11-23(25)16(3)12-20/h6-14H,5H2,1-4H3,(H,27,28). The minimum Gasteiger partial charge on any atom is -0.478 e. The third kappa shape index (κ3) is 4.60. The molecule has 0 saturated heterocycles. The molecule has 0 aliphatic carbocycles. The predicted octanol–water partition coefficient (Wildman–Crippen LogP) is 5.46. The molecule has 168 valence electrons. The highest BCUT2D eigenvalue weighted by atomic mass is 32.2. The number of carbonyl (C=O) groups is 1. The van der Waals surface area contributed by atoms with Crippen LogP contribution in [0.4, 0.5) is 10.1 Å². The number of nitrogens with zero attached hydrogens (tertiary/aromatic N) is 1. The van der Waals surface area contributed by atoms with E-state index < -0.39 is 16.0 Å². The number of hydrogen-bond acceptors (Lipinski definition) is 4. The van der Waals surface area contributed by atoms with Gasteiger partial charge in [-0.1, -0.05) is 0 Å². The van der Waals surface area contributed by atoms with Crippen LogP contribution in [0.25, 0.3) is 0 Å². The van der Waals surface area contributed by atoms with Gasteiger partial charge >= 0.3 is 5.97 Å². The van der Waals surface area contributed by atoms with E-state index in [0.29, 0.717) is 33.9 Å². The van der Waals surface area contributed by atoms with E-state index >= 15 is 0 Å². The summed E-state index contributed by atoms with van der Waals surface area (Å²) in [5.74, 6) is -0.572. The molecule has 0 saturated carbocycles. The Morgan fingerprint density at radius 1 is 0.969 bits per heavy atom. The van der Waals surface area contributed by atoms with Crippen LogP contribution in [0.15, 0.2) is 59.5 Å². The topological polar surface area (TPSA) is 83.9 Å². The highest BCUT2D eigenvalue weighted by molar-refractivity contribution is 7.92. The van der Waals surface area contributed by atoms with Gasteiger partial charge in [-0.25, -0.2) is 17.6 Å². The van der Waals surface area contributed by atoms with Crippen molar-refractivity contribution < 1.29 is 27.4 Å². The molecule has 0 heterocycles. The quantitative estimate of drug-likeness (QED) is 0.510. The second-order valence-electron chi connectivity index (χ2n) is 7.39. The summed E-state index contributed by atoms with van der Waals surface area (Å²) in [6.45, 7) is 6.81. The van der Waals surface area contributed by atoms with Crippen LogP contribution in [0.5, 0.6) is 11.5 Å². The van der Waals surface area contributed by atoms with Crippen molar-refractivity contribution in [3.63, 3.8) is 0 Å². The van der Waals surface area contributed by atoms with Crippen LogP contribution < -0.4 is 9.04 Å². The fraction of sp³-hybridized carbons (Fsp3) is 0.208. The zero-order valence-electron chi connectivity index (χ0n) is 18.2. The van der Waals surface area contributed by atoms with Crippen molar-refractivity contribution in [3.05, 3.63) is 82.7 Å². The number of benzene rings is 3. The minimum absolute atomic E-state index is 0.0435. The molecule has 0 unspecified atom stereocenters. The van der Waals surface area contributed by atoms with Gasteiger partial charge in [0.1, 0.15) is 17.3 Å². The van der Waals surface area contributed by atoms with Crippen LogP contribution in [0.1, 0.15) is 34.0 Å². The number of carboxylic acid groups (broad SMARTS) is 1. The summed E-state index contributed by atoms with van der Waals surface area (Å²) in [5, 5.41) is 9.43. The maximum Gasteiger partial charge on any atom is 0.336 e. The van der Waals surface area contributed by atoms with E-state index in [2.05, 4.69) is 0 Å². The summed E-state index contributed by atoms with van der Waals surface area (Å²) in [4.78, 5) is 11.5. The summed E-state index contributed by atoms with van der Waals surface area (Å²) in [5.41, 5.74) is 1.93. The average Bonchev–Trinajstić information content (AvgIpc) is 2.74. The van der Waals surface area contributed by atoms with E-state index in [9.17, 15) is 22.7 Å². The Labute approximate surface area is 186 Å². The molecule has 3 aromatic carbocycles. The maximum absolute atomic E-state index is 13.4. The fourth-order valence-corrected chi connectivity index (χ4v) is 4.90. The molecule has 3 aromatic rings. The molecule has 0 aliphatic rings. The fourth-order valence-electron chi connectivity index (χ4n) is 3.31. The number of halogens is 1. The van der Waals surface area contributed by atoms with E-state index in [1.807, 2.05) is 0 Å². The first-order valence-electron chi connectivity index (χ1n) is 9.96. The van der Waals surface area contributed by atoms with Crippen LogP contribution in [-0.2, 0) is 10.0 Å². The highest BCUT2D eigenvalue weighted by Crippen LogP contribution is 2.30. The second kappa shape index (κ2) is 9.00. The zero-order valence-corrected chi connectivity index (χ0v) is 19.0. The zero-order chi connectivity index (χ0) is 23.6. The molecule has 32 heavy (non-hydrogen) atoms. The number of hydrogen-bond donors (Lipinski definition) is 1. The normalized spacial score (nSPS) is 11.3. The predicted molar refractivity (Wildman–Crippen MR) is 121 cm³/mol. The van der Waals surface area contributed by atoms with Gasteiger partial charge in [-0.05, 0) is 99.0 Å². The smallest absolute Gasteiger partial charge is 0.336 e. The van der Waals surface area contributed by atoms with Crippen LogP contribution >= 0.6 is 0 Å². The molecule has 8 heteroatoms. The average molecular weight is 458 g/mol. The third-order valence-electron chi connectivity index (χ3n) is 5.24. The first kappa shape index (κ1) is 23.3. The van der Waals surface area contributed by atoms with Crippen molar-refractivity contribution in [3.8, 4) is 11.5 Å². The first-order chi connectivity index (χ1) is 15.0. The van der Waals surface area contributed by atoms with Gasteiger partial charge in [0, 0.05) is 6.54 Å². The van der Waals surface area contributed by atoms with Gasteiger partial charge < -0.3 is 9.84 Å². The molecule has 0 aliphatic heterocycles. The molecule has 0 spiro atoms. The summed E-state index contributed by atoms with van der Waals surface area (Å²) in [6, 6.07) is 13.5. The Kier molecular flexibility index (Phi) is 6.55. The van der Waals surface area contributed by atoms with Crippen LogP contribution in [0, 0.1) is 26.6 Å². The lowest BCUT2D eigenvalue weighted by atomic mass is 10.0. The van der Waals surface area contributed by atoms with Crippen molar-refractivity contribution in [1.29, 1.82) is 0 Å². The lowest BCUT2D eigenvalue weighted by Gasteiger charge is -2.24. The SMILES string of the molecule is CCN(c1ccc(Oc2ccc(F)c(C)c2)cc1)S(=O)(=O)c1cc(C)c(C)c(C(=O)O)c1. The molecule has 3 rings (SSSR count). The summed E-state index contributed by atoms with van der Waals surface area (Å²) >= 11 is 0. The number of anilines is 1. The van der Waals surface area contributed by atoms with E-state index in [-0.39, 0.29) is 22.8 Å². The molecule has 0 amide bonds. The van der Waals surface area contributed by atoms with Gasteiger partial charge in [0.2, 0.25) is 0 Å². The van der Waals surface area contributed by atoms with Gasteiger partial charge in [-0.2, -0.15) is 0 Å². The van der Waals surface area contributed by atoms with Crippen molar-refractivity contribution >= 4 is 21.7 Å². The van der Waals surface area contributed by atoms with Crippen LogP contribution in [-0.4, -0.2) is 26.0 Å². The van der Waals surface area contributed by atoms with Crippen molar-refractivity contribution in [2.45, 2.75) is 32.6 Å². The van der Waals surface area contributed by atoms with Crippen LogP contribution in [0.2, 0.25) is 0 Å².